The number of aromatic nitrogens is 1. The van der Waals surface area contributed by atoms with Gasteiger partial charge in [0.25, 0.3) is 0 Å². The lowest BCUT2D eigenvalue weighted by molar-refractivity contribution is 0.0529. The predicted octanol–water partition coefficient (Wildman–Crippen LogP) is 4.95. The first-order chi connectivity index (χ1) is 12.7. The molecule has 0 fully saturated rings. The van der Waals surface area contributed by atoms with Gasteiger partial charge in [0.15, 0.2) is 0 Å². The van der Waals surface area contributed by atoms with Crippen molar-refractivity contribution in [2.75, 3.05) is 6.61 Å². The number of nitrogens with zero attached hydrogens (tertiary/aromatic N) is 1. The molecule has 0 bridgehead atoms. The van der Waals surface area contributed by atoms with Crippen molar-refractivity contribution in [2.24, 2.45) is 0 Å². The number of aryl methyl sites for hydroxylation is 1. The summed E-state index contributed by atoms with van der Waals surface area (Å²) >= 11 is 0. The van der Waals surface area contributed by atoms with Crippen molar-refractivity contribution in [3.63, 3.8) is 0 Å². The van der Waals surface area contributed by atoms with Crippen LogP contribution in [0.5, 0.6) is 0 Å². The second kappa shape index (κ2) is 7.03. The fourth-order valence-corrected chi connectivity index (χ4v) is 3.06. The summed E-state index contributed by atoms with van der Waals surface area (Å²) in [6.07, 6.45) is 1.86. The molecule has 0 atom stereocenters. The summed E-state index contributed by atoms with van der Waals surface area (Å²) in [4.78, 5) is 25.6. The maximum atomic E-state index is 13.1. The second-order valence-electron chi connectivity index (χ2n) is 7.78. The molecule has 0 unspecified atom stereocenters. The van der Waals surface area contributed by atoms with E-state index in [4.69, 9.17) is 4.74 Å². The van der Waals surface area contributed by atoms with E-state index in [9.17, 15) is 9.59 Å². The van der Waals surface area contributed by atoms with E-state index >= 15 is 0 Å². The molecule has 1 aromatic carbocycles. The minimum absolute atomic E-state index is 0.0704. The molecular weight excluding hydrogens is 338 g/mol. The van der Waals surface area contributed by atoms with Crippen molar-refractivity contribution >= 4 is 17.3 Å². The van der Waals surface area contributed by atoms with Crippen LogP contribution in [0.3, 0.4) is 0 Å². The highest BCUT2D eigenvalue weighted by atomic mass is 16.5. The molecule has 0 aliphatic carbocycles. The molecule has 0 N–H and O–H groups in total. The molecule has 4 nitrogen and oxygen atoms in total. The molecule has 0 amide bonds. The van der Waals surface area contributed by atoms with Gasteiger partial charge >= 0.3 is 5.97 Å². The molecule has 0 aliphatic heterocycles. The van der Waals surface area contributed by atoms with Crippen LogP contribution < -0.4 is 0 Å². The summed E-state index contributed by atoms with van der Waals surface area (Å²) in [5, 5.41) is 0. The summed E-state index contributed by atoms with van der Waals surface area (Å²) in [6, 6.07) is 13.0. The van der Waals surface area contributed by atoms with Crippen LogP contribution in [-0.4, -0.2) is 22.8 Å². The van der Waals surface area contributed by atoms with Crippen LogP contribution in [-0.2, 0) is 10.2 Å². The quantitative estimate of drug-likeness (QED) is 0.486. The first-order valence-corrected chi connectivity index (χ1v) is 9.16. The van der Waals surface area contributed by atoms with Crippen molar-refractivity contribution in [3.05, 3.63) is 76.6 Å². The van der Waals surface area contributed by atoms with E-state index in [2.05, 4.69) is 20.8 Å². The highest BCUT2D eigenvalue weighted by molar-refractivity contribution is 6.11. The molecule has 3 rings (SSSR count). The van der Waals surface area contributed by atoms with Gasteiger partial charge in [-0.05, 0) is 43.0 Å². The Labute approximate surface area is 159 Å². The zero-order valence-electron chi connectivity index (χ0n) is 16.5. The first kappa shape index (κ1) is 18.9. The molecule has 3 aromatic rings. The second-order valence-corrected chi connectivity index (χ2v) is 7.78. The van der Waals surface area contributed by atoms with Crippen molar-refractivity contribution in [2.45, 2.75) is 40.0 Å². The number of pyridine rings is 1. The zero-order valence-corrected chi connectivity index (χ0v) is 16.5. The number of benzene rings is 1. The van der Waals surface area contributed by atoms with Crippen LogP contribution in [0, 0.1) is 6.92 Å². The van der Waals surface area contributed by atoms with Gasteiger partial charge in [0, 0.05) is 11.8 Å². The lowest BCUT2D eigenvalue weighted by Gasteiger charge is -2.19. The predicted molar refractivity (Wildman–Crippen MR) is 107 cm³/mol. The van der Waals surface area contributed by atoms with Crippen molar-refractivity contribution in [1.82, 2.24) is 4.40 Å². The highest BCUT2D eigenvalue weighted by Gasteiger charge is 2.23. The molecule has 0 spiro atoms. The Hall–Kier alpha value is -2.88. The molecule has 0 radical (unpaired) electrons. The van der Waals surface area contributed by atoms with Crippen molar-refractivity contribution in [3.8, 4) is 0 Å². The zero-order chi connectivity index (χ0) is 19.8. The number of rotatable bonds is 4. The molecule has 4 heteroatoms. The number of hydrogen-bond donors (Lipinski definition) is 0. The maximum absolute atomic E-state index is 13.1. The Kier molecular flexibility index (Phi) is 4.92. The summed E-state index contributed by atoms with van der Waals surface area (Å²) in [7, 11) is 0. The van der Waals surface area contributed by atoms with Gasteiger partial charge in [-0.2, -0.15) is 0 Å². The fraction of sp³-hybridized carbons (Fsp3) is 0.304. The molecule has 140 valence electrons. The third kappa shape index (κ3) is 3.65. The van der Waals surface area contributed by atoms with Crippen LogP contribution in [0.1, 0.15) is 65.2 Å². The first-order valence-electron chi connectivity index (χ1n) is 9.16. The standard InChI is InChI=1S/C23H25NO3/c1-6-27-22(26)18-14-20(21(25)16-9-7-15(2)8-10-16)24-12-11-17(13-19(18)24)23(3,4)5/h7-14H,6H2,1-5H3. The van der Waals surface area contributed by atoms with Crippen LogP contribution in [0.4, 0.5) is 0 Å². The molecule has 0 saturated heterocycles. The summed E-state index contributed by atoms with van der Waals surface area (Å²) in [6.45, 7) is 10.4. The normalized spacial score (nSPS) is 11.6. The SMILES string of the molecule is CCOC(=O)c1cc(C(=O)c2ccc(C)cc2)n2ccc(C(C)(C)C)cc12. The minimum Gasteiger partial charge on any atom is -0.462 e. The topological polar surface area (TPSA) is 47.8 Å². The maximum Gasteiger partial charge on any atom is 0.340 e. The molecular formula is C23H25NO3. The monoisotopic (exact) mass is 363 g/mol. The number of carbonyl (C=O) groups excluding carboxylic acids is 2. The van der Waals surface area contributed by atoms with E-state index in [1.165, 1.54) is 0 Å². The largest absolute Gasteiger partial charge is 0.462 e. The van der Waals surface area contributed by atoms with Gasteiger partial charge in [0.1, 0.15) is 0 Å². The number of hydrogen-bond acceptors (Lipinski definition) is 3. The van der Waals surface area contributed by atoms with Crippen LogP contribution >= 0.6 is 0 Å². The number of carbonyl (C=O) groups is 2. The third-order valence-electron chi connectivity index (χ3n) is 4.68. The lowest BCUT2D eigenvalue weighted by Crippen LogP contribution is -2.12. The Balaban J connectivity index is 2.19. The van der Waals surface area contributed by atoms with Crippen LogP contribution in [0.25, 0.3) is 5.52 Å². The number of esters is 1. The van der Waals surface area contributed by atoms with E-state index in [1.54, 1.807) is 17.4 Å². The third-order valence-corrected chi connectivity index (χ3v) is 4.68. The van der Waals surface area contributed by atoms with E-state index in [0.29, 0.717) is 22.3 Å². The van der Waals surface area contributed by atoms with E-state index < -0.39 is 5.97 Å². The molecule has 2 heterocycles. The van der Waals surface area contributed by atoms with Gasteiger partial charge in [0.2, 0.25) is 5.78 Å². The van der Waals surface area contributed by atoms with Crippen molar-refractivity contribution < 1.29 is 14.3 Å². The molecule has 2 aromatic heterocycles. The Morgan fingerprint density at radius 3 is 2.30 bits per heavy atom. The Morgan fingerprint density at radius 1 is 1.04 bits per heavy atom. The Morgan fingerprint density at radius 2 is 1.70 bits per heavy atom. The lowest BCUT2D eigenvalue weighted by atomic mass is 9.87. The van der Waals surface area contributed by atoms with Crippen LogP contribution in [0.2, 0.25) is 0 Å². The van der Waals surface area contributed by atoms with E-state index in [-0.39, 0.29) is 17.8 Å². The van der Waals surface area contributed by atoms with Gasteiger partial charge < -0.3 is 9.14 Å². The number of fused-ring (bicyclic) bond motifs is 1. The Bertz CT molecular complexity index is 1000. The molecule has 0 saturated carbocycles. The van der Waals surface area contributed by atoms with Gasteiger partial charge in [0.05, 0.1) is 23.4 Å². The van der Waals surface area contributed by atoms with Gasteiger partial charge in [-0.25, -0.2) is 4.79 Å². The summed E-state index contributed by atoms with van der Waals surface area (Å²) in [5.41, 5.74) is 4.27. The summed E-state index contributed by atoms with van der Waals surface area (Å²) in [5.74, 6) is -0.534. The average molecular weight is 363 g/mol. The van der Waals surface area contributed by atoms with E-state index in [0.717, 1.165) is 11.1 Å². The van der Waals surface area contributed by atoms with Crippen LogP contribution in [0.15, 0.2) is 48.7 Å². The number of ketones is 1. The molecule has 27 heavy (non-hydrogen) atoms. The highest BCUT2D eigenvalue weighted by Crippen LogP contribution is 2.27. The smallest absolute Gasteiger partial charge is 0.340 e. The average Bonchev–Trinajstić information content (AvgIpc) is 3.00. The fourth-order valence-electron chi connectivity index (χ4n) is 3.06. The van der Waals surface area contributed by atoms with E-state index in [1.807, 2.05) is 49.5 Å². The summed E-state index contributed by atoms with van der Waals surface area (Å²) < 4.78 is 6.99. The molecule has 0 aliphatic rings. The van der Waals surface area contributed by atoms with Gasteiger partial charge in [-0.1, -0.05) is 50.6 Å². The van der Waals surface area contributed by atoms with Gasteiger partial charge in [-0.3, -0.25) is 4.79 Å². The minimum atomic E-state index is -0.413. The van der Waals surface area contributed by atoms with Gasteiger partial charge in [-0.15, -0.1) is 0 Å². The van der Waals surface area contributed by atoms with Crippen molar-refractivity contribution in [1.29, 1.82) is 0 Å². The number of ether oxygens (including phenoxy) is 1.